The maximum Gasteiger partial charge on any atom is 0.124 e. The number of nitrogens with one attached hydrogen (secondary N) is 1. The molecule has 1 saturated heterocycles. The van der Waals surface area contributed by atoms with Gasteiger partial charge in [0.15, 0.2) is 0 Å². The molecule has 1 aromatic rings. The Morgan fingerprint density at radius 3 is 3.00 bits per heavy atom. The molecule has 94 valence electrons. The second kappa shape index (κ2) is 6.65. The van der Waals surface area contributed by atoms with Crippen LogP contribution in [0.25, 0.3) is 0 Å². The molecule has 1 unspecified atom stereocenters. The average molecular weight is 233 g/mol. The van der Waals surface area contributed by atoms with E-state index in [0.717, 1.165) is 25.3 Å². The summed E-state index contributed by atoms with van der Waals surface area (Å²) in [5.41, 5.74) is 1.34. The third-order valence-electron chi connectivity index (χ3n) is 3.32. The highest BCUT2D eigenvalue weighted by atomic mass is 16.5. The lowest BCUT2D eigenvalue weighted by atomic mass is 10.0. The Bertz CT molecular complexity index is 329. The summed E-state index contributed by atoms with van der Waals surface area (Å²) in [7, 11) is 0. The van der Waals surface area contributed by atoms with Crippen LogP contribution in [0.2, 0.25) is 0 Å². The standard InChI is InChI=1S/C15H23NO/c1-2-12-17-15-10-6-5-8-13(15)14-9-4-3-7-11-16-14/h5-6,8,10,14,16H,2-4,7,9,11-12H2,1H3. The van der Waals surface area contributed by atoms with Gasteiger partial charge in [-0.2, -0.15) is 0 Å². The summed E-state index contributed by atoms with van der Waals surface area (Å²) in [6.07, 6.45) is 6.26. The van der Waals surface area contributed by atoms with Gasteiger partial charge in [0.25, 0.3) is 0 Å². The molecule has 17 heavy (non-hydrogen) atoms. The van der Waals surface area contributed by atoms with Crippen LogP contribution in [0.5, 0.6) is 5.75 Å². The number of rotatable bonds is 4. The van der Waals surface area contributed by atoms with E-state index >= 15 is 0 Å². The van der Waals surface area contributed by atoms with E-state index in [1.165, 1.54) is 31.2 Å². The molecule has 0 radical (unpaired) electrons. The molecule has 1 atom stereocenters. The van der Waals surface area contributed by atoms with Gasteiger partial charge in [-0.25, -0.2) is 0 Å². The van der Waals surface area contributed by atoms with E-state index in [9.17, 15) is 0 Å². The Labute approximate surface area is 104 Å². The van der Waals surface area contributed by atoms with E-state index in [4.69, 9.17) is 4.74 Å². The lowest BCUT2D eigenvalue weighted by Crippen LogP contribution is -2.21. The van der Waals surface area contributed by atoms with E-state index in [0.29, 0.717) is 6.04 Å². The SMILES string of the molecule is CCCOc1ccccc1C1CCCCCN1. The van der Waals surface area contributed by atoms with E-state index in [2.05, 4.69) is 36.5 Å². The van der Waals surface area contributed by atoms with Gasteiger partial charge in [0.05, 0.1) is 6.61 Å². The first kappa shape index (κ1) is 12.4. The molecular formula is C15H23NO. The zero-order valence-corrected chi connectivity index (χ0v) is 10.7. The Hall–Kier alpha value is -1.02. The summed E-state index contributed by atoms with van der Waals surface area (Å²) >= 11 is 0. The number of para-hydroxylation sites is 1. The van der Waals surface area contributed by atoms with E-state index in [-0.39, 0.29) is 0 Å². The normalized spacial score (nSPS) is 20.9. The van der Waals surface area contributed by atoms with Crippen LogP contribution in [0.3, 0.4) is 0 Å². The van der Waals surface area contributed by atoms with Crippen molar-refractivity contribution in [2.45, 2.75) is 45.1 Å². The van der Waals surface area contributed by atoms with Gasteiger partial charge in [-0.1, -0.05) is 38.0 Å². The minimum Gasteiger partial charge on any atom is -0.493 e. The van der Waals surface area contributed by atoms with Crippen LogP contribution in [0.4, 0.5) is 0 Å². The molecule has 0 aromatic heterocycles. The molecule has 0 spiro atoms. The molecule has 0 saturated carbocycles. The molecule has 1 aliphatic heterocycles. The van der Waals surface area contributed by atoms with E-state index < -0.39 is 0 Å². The quantitative estimate of drug-likeness (QED) is 0.856. The number of ether oxygens (including phenoxy) is 1. The lowest BCUT2D eigenvalue weighted by Gasteiger charge is -2.19. The zero-order chi connectivity index (χ0) is 11.9. The fourth-order valence-corrected chi connectivity index (χ4v) is 2.41. The predicted octanol–water partition coefficient (Wildman–Crippen LogP) is 3.68. The van der Waals surface area contributed by atoms with Crippen molar-refractivity contribution in [1.82, 2.24) is 5.32 Å². The molecule has 1 aromatic carbocycles. The monoisotopic (exact) mass is 233 g/mol. The Morgan fingerprint density at radius 1 is 1.24 bits per heavy atom. The van der Waals surface area contributed by atoms with Crippen LogP contribution < -0.4 is 10.1 Å². The van der Waals surface area contributed by atoms with Crippen LogP contribution in [-0.4, -0.2) is 13.2 Å². The molecule has 2 heteroatoms. The van der Waals surface area contributed by atoms with Crippen molar-refractivity contribution in [2.75, 3.05) is 13.2 Å². The molecule has 0 amide bonds. The van der Waals surface area contributed by atoms with Gasteiger partial charge < -0.3 is 10.1 Å². The summed E-state index contributed by atoms with van der Waals surface area (Å²) in [4.78, 5) is 0. The minimum absolute atomic E-state index is 0.477. The highest BCUT2D eigenvalue weighted by Crippen LogP contribution is 2.30. The molecule has 0 bridgehead atoms. The molecule has 1 heterocycles. The summed E-state index contributed by atoms with van der Waals surface area (Å²) in [5, 5.41) is 3.63. The smallest absolute Gasteiger partial charge is 0.124 e. The summed E-state index contributed by atoms with van der Waals surface area (Å²) in [6, 6.07) is 8.95. The Morgan fingerprint density at radius 2 is 2.12 bits per heavy atom. The molecule has 2 nitrogen and oxygen atoms in total. The third kappa shape index (κ3) is 3.47. The van der Waals surface area contributed by atoms with Crippen molar-refractivity contribution in [2.24, 2.45) is 0 Å². The molecule has 1 N–H and O–H groups in total. The second-order valence-electron chi connectivity index (χ2n) is 4.74. The van der Waals surface area contributed by atoms with Gasteiger partial charge in [0.1, 0.15) is 5.75 Å². The Kier molecular flexibility index (Phi) is 4.87. The molecule has 1 aliphatic rings. The Balaban J connectivity index is 2.11. The highest BCUT2D eigenvalue weighted by Gasteiger charge is 2.16. The van der Waals surface area contributed by atoms with Crippen LogP contribution in [0, 0.1) is 0 Å². The largest absolute Gasteiger partial charge is 0.493 e. The molecular weight excluding hydrogens is 210 g/mol. The maximum absolute atomic E-state index is 5.84. The summed E-state index contributed by atoms with van der Waals surface area (Å²) < 4.78 is 5.84. The van der Waals surface area contributed by atoms with Crippen molar-refractivity contribution in [1.29, 1.82) is 0 Å². The van der Waals surface area contributed by atoms with Crippen molar-refractivity contribution in [3.63, 3.8) is 0 Å². The van der Waals surface area contributed by atoms with Gasteiger partial charge in [-0.05, 0) is 31.9 Å². The minimum atomic E-state index is 0.477. The zero-order valence-electron chi connectivity index (χ0n) is 10.7. The van der Waals surface area contributed by atoms with Crippen LogP contribution in [0.15, 0.2) is 24.3 Å². The number of benzene rings is 1. The van der Waals surface area contributed by atoms with Gasteiger partial charge in [-0.15, -0.1) is 0 Å². The summed E-state index contributed by atoms with van der Waals surface area (Å²) in [5.74, 6) is 1.06. The maximum atomic E-state index is 5.84. The van der Waals surface area contributed by atoms with Crippen molar-refractivity contribution < 1.29 is 4.74 Å². The molecule has 1 fully saturated rings. The first-order chi connectivity index (χ1) is 8.42. The average Bonchev–Trinajstić information content (AvgIpc) is 2.65. The highest BCUT2D eigenvalue weighted by molar-refractivity contribution is 5.36. The third-order valence-corrected chi connectivity index (χ3v) is 3.32. The fraction of sp³-hybridized carbons (Fsp3) is 0.600. The fourth-order valence-electron chi connectivity index (χ4n) is 2.41. The topological polar surface area (TPSA) is 21.3 Å². The van der Waals surface area contributed by atoms with Crippen molar-refractivity contribution >= 4 is 0 Å². The van der Waals surface area contributed by atoms with E-state index in [1.54, 1.807) is 0 Å². The van der Waals surface area contributed by atoms with E-state index in [1.807, 2.05) is 0 Å². The van der Waals surface area contributed by atoms with Crippen LogP contribution in [0.1, 0.15) is 50.6 Å². The predicted molar refractivity (Wildman–Crippen MR) is 71.4 cm³/mol. The lowest BCUT2D eigenvalue weighted by molar-refractivity contribution is 0.309. The number of hydrogen-bond donors (Lipinski definition) is 1. The first-order valence-electron chi connectivity index (χ1n) is 6.87. The van der Waals surface area contributed by atoms with Crippen molar-refractivity contribution in [3.8, 4) is 5.75 Å². The van der Waals surface area contributed by atoms with Gasteiger partial charge in [-0.3, -0.25) is 0 Å². The second-order valence-corrected chi connectivity index (χ2v) is 4.74. The van der Waals surface area contributed by atoms with Crippen molar-refractivity contribution in [3.05, 3.63) is 29.8 Å². The number of hydrogen-bond acceptors (Lipinski definition) is 2. The van der Waals surface area contributed by atoms with Gasteiger partial charge >= 0.3 is 0 Å². The van der Waals surface area contributed by atoms with Gasteiger partial charge in [0.2, 0.25) is 0 Å². The first-order valence-corrected chi connectivity index (χ1v) is 6.87. The summed E-state index contributed by atoms with van der Waals surface area (Å²) in [6.45, 7) is 4.09. The van der Waals surface area contributed by atoms with Gasteiger partial charge in [0, 0.05) is 11.6 Å². The molecule has 2 rings (SSSR count). The van der Waals surface area contributed by atoms with Crippen LogP contribution in [-0.2, 0) is 0 Å². The molecule has 0 aliphatic carbocycles. The van der Waals surface area contributed by atoms with Crippen LogP contribution >= 0.6 is 0 Å².